The molecule has 1 atom stereocenters. The standard InChI is InChI=1S/C18H20N2O5S/c1-19-17(21)12-11-16(18(22)23)20-26(24,25)15-9-7-14(8-10-15)13-5-3-2-4-6-13/h2-10,16,20H,11-12H2,1H3,(H,19,21)(H,22,23)/t16-/m0/s1. The maximum atomic E-state index is 12.4. The van der Waals surface area contributed by atoms with Crippen LogP contribution in [0.4, 0.5) is 0 Å². The lowest BCUT2D eigenvalue weighted by atomic mass is 10.1. The van der Waals surface area contributed by atoms with Crippen LogP contribution < -0.4 is 10.0 Å². The maximum Gasteiger partial charge on any atom is 0.321 e. The van der Waals surface area contributed by atoms with Crippen LogP contribution in [-0.4, -0.2) is 38.5 Å². The first-order valence-corrected chi connectivity index (χ1v) is 9.43. The number of aliphatic carboxylic acids is 1. The molecule has 2 aromatic rings. The second kappa shape index (κ2) is 8.59. The van der Waals surface area contributed by atoms with E-state index < -0.39 is 22.0 Å². The Morgan fingerprint density at radius 2 is 1.58 bits per heavy atom. The zero-order valence-electron chi connectivity index (χ0n) is 14.2. The summed E-state index contributed by atoms with van der Waals surface area (Å²) in [5.74, 6) is -1.69. The van der Waals surface area contributed by atoms with Crippen LogP contribution in [0.25, 0.3) is 11.1 Å². The molecule has 0 fully saturated rings. The van der Waals surface area contributed by atoms with E-state index in [0.717, 1.165) is 11.1 Å². The van der Waals surface area contributed by atoms with Crippen molar-refractivity contribution in [3.63, 3.8) is 0 Å². The summed E-state index contributed by atoms with van der Waals surface area (Å²) < 4.78 is 27.0. The zero-order valence-corrected chi connectivity index (χ0v) is 15.0. The van der Waals surface area contributed by atoms with E-state index in [1.807, 2.05) is 30.3 Å². The Kier molecular flexibility index (Phi) is 6.48. The number of carboxylic acids is 1. The summed E-state index contributed by atoms with van der Waals surface area (Å²) in [4.78, 5) is 22.5. The molecule has 0 radical (unpaired) electrons. The topological polar surface area (TPSA) is 113 Å². The molecule has 1 amide bonds. The van der Waals surface area contributed by atoms with Crippen molar-refractivity contribution >= 4 is 21.9 Å². The summed E-state index contributed by atoms with van der Waals surface area (Å²) in [6.07, 6.45) is -0.237. The number of sulfonamides is 1. The molecule has 0 aliphatic rings. The molecule has 8 heteroatoms. The number of carbonyl (C=O) groups is 2. The van der Waals surface area contributed by atoms with Gasteiger partial charge in [-0.25, -0.2) is 8.42 Å². The summed E-state index contributed by atoms with van der Waals surface area (Å²) >= 11 is 0. The molecule has 0 heterocycles. The SMILES string of the molecule is CNC(=O)CC[C@H](NS(=O)(=O)c1ccc(-c2ccccc2)cc1)C(=O)O. The normalized spacial score (nSPS) is 12.3. The summed E-state index contributed by atoms with van der Waals surface area (Å²) in [7, 11) is -2.59. The summed E-state index contributed by atoms with van der Waals surface area (Å²) in [5, 5.41) is 11.6. The molecule has 2 aromatic carbocycles. The minimum absolute atomic E-state index is 0.0385. The van der Waals surface area contributed by atoms with Gasteiger partial charge in [-0.1, -0.05) is 42.5 Å². The lowest BCUT2D eigenvalue weighted by molar-refractivity contribution is -0.139. The van der Waals surface area contributed by atoms with Crippen molar-refractivity contribution in [2.45, 2.75) is 23.8 Å². The Balaban J connectivity index is 2.15. The van der Waals surface area contributed by atoms with Gasteiger partial charge in [-0.05, 0) is 29.7 Å². The van der Waals surface area contributed by atoms with Gasteiger partial charge in [-0.15, -0.1) is 0 Å². The van der Waals surface area contributed by atoms with Gasteiger partial charge < -0.3 is 10.4 Å². The third-order valence-corrected chi connectivity index (χ3v) is 5.29. The summed E-state index contributed by atoms with van der Waals surface area (Å²) in [6.45, 7) is 0. The van der Waals surface area contributed by atoms with Crippen molar-refractivity contribution in [3.05, 3.63) is 54.6 Å². The molecule has 0 saturated heterocycles. The maximum absolute atomic E-state index is 12.4. The molecule has 0 saturated carbocycles. The average molecular weight is 376 g/mol. The monoisotopic (exact) mass is 376 g/mol. The molecule has 0 bridgehead atoms. The molecule has 0 aliphatic carbocycles. The van der Waals surface area contributed by atoms with Crippen LogP contribution in [0, 0.1) is 0 Å². The zero-order chi connectivity index (χ0) is 19.2. The Labute approximate surface area is 152 Å². The van der Waals surface area contributed by atoms with E-state index in [1.54, 1.807) is 12.1 Å². The van der Waals surface area contributed by atoms with E-state index in [4.69, 9.17) is 0 Å². The van der Waals surface area contributed by atoms with Crippen molar-refractivity contribution < 1.29 is 23.1 Å². The highest BCUT2D eigenvalue weighted by molar-refractivity contribution is 7.89. The quantitative estimate of drug-likeness (QED) is 0.648. The third kappa shape index (κ3) is 5.14. The number of hydrogen-bond donors (Lipinski definition) is 3. The van der Waals surface area contributed by atoms with Gasteiger partial charge in [0.25, 0.3) is 0 Å². The fourth-order valence-corrected chi connectivity index (χ4v) is 3.57. The predicted molar refractivity (Wildman–Crippen MR) is 96.9 cm³/mol. The van der Waals surface area contributed by atoms with Crippen molar-refractivity contribution in [3.8, 4) is 11.1 Å². The number of hydrogen-bond acceptors (Lipinski definition) is 4. The fourth-order valence-electron chi connectivity index (χ4n) is 2.35. The summed E-state index contributed by atoms with van der Waals surface area (Å²) in [5.41, 5.74) is 1.79. The van der Waals surface area contributed by atoms with Crippen LogP contribution in [-0.2, 0) is 19.6 Å². The smallest absolute Gasteiger partial charge is 0.321 e. The van der Waals surface area contributed by atoms with Gasteiger partial charge in [0, 0.05) is 13.5 Å². The van der Waals surface area contributed by atoms with Gasteiger partial charge in [-0.2, -0.15) is 4.72 Å². The lowest BCUT2D eigenvalue weighted by Gasteiger charge is -2.14. The number of amides is 1. The molecule has 0 aromatic heterocycles. The Hall–Kier alpha value is -2.71. The van der Waals surface area contributed by atoms with Crippen molar-refractivity contribution in [2.24, 2.45) is 0 Å². The van der Waals surface area contributed by atoms with Gasteiger partial charge in [0.05, 0.1) is 4.90 Å². The van der Waals surface area contributed by atoms with E-state index in [9.17, 15) is 23.1 Å². The summed E-state index contributed by atoms with van der Waals surface area (Å²) in [6, 6.07) is 14.2. The van der Waals surface area contributed by atoms with Crippen molar-refractivity contribution in [1.29, 1.82) is 0 Å². The number of nitrogens with one attached hydrogen (secondary N) is 2. The molecule has 0 unspecified atom stereocenters. The van der Waals surface area contributed by atoms with E-state index in [2.05, 4.69) is 10.0 Å². The van der Waals surface area contributed by atoms with Crippen LogP contribution in [0.15, 0.2) is 59.5 Å². The third-order valence-electron chi connectivity index (χ3n) is 3.81. The van der Waals surface area contributed by atoms with E-state index >= 15 is 0 Å². The molecular formula is C18H20N2O5S. The second-order valence-corrected chi connectivity index (χ2v) is 7.33. The van der Waals surface area contributed by atoms with Crippen molar-refractivity contribution in [1.82, 2.24) is 10.0 Å². The number of benzene rings is 2. The van der Waals surface area contributed by atoms with Crippen LogP contribution in [0.3, 0.4) is 0 Å². The van der Waals surface area contributed by atoms with Crippen LogP contribution in [0.1, 0.15) is 12.8 Å². The first-order chi connectivity index (χ1) is 12.3. The molecule has 2 rings (SSSR count). The van der Waals surface area contributed by atoms with E-state index in [1.165, 1.54) is 19.2 Å². The van der Waals surface area contributed by atoms with Gasteiger partial charge in [0.15, 0.2) is 0 Å². The highest BCUT2D eigenvalue weighted by atomic mass is 32.2. The first-order valence-electron chi connectivity index (χ1n) is 7.94. The van der Waals surface area contributed by atoms with Gasteiger partial charge in [0.1, 0.15) is 6.04 Å². The lowest BCUT2D eigenvalue weighted by Crippen LogP contribution is -2.41. The minimum Gasteiger partial charge on any atom is -0.480 e. The average Bonchev–Trinajstić information content (AvgIpc) is 2.65. The molecule has 138 valence electrons. The Bertz CT molecular complexity index is 864. The van der Waals surface area contributed by atoms with Crippen LogP contribution in [0.5, 0.6) is 0 Å². The molecule has 0 spiro atoms. The number of rotatable bonds is 8. The van der Waals surface area contributed by atoms with E-state index in [0.29, 0.717) is 0 Å². The largest absolute Gasteiger partial charge is 0.480 e. The van der Waals surface area contributed by atoms with Gasteiger partial charge in [-0.3, -0.25) is 9.59 Å². The Morgan fingerprint density at radius 3 is 2.12 bits per heavy atom. The fraction of sp³-hybridized carbons (Fsp3) is 0.222. The van der Waals surface area contributed by atoms with Gasteiger partial charge in [0.2, 0.25) is 15.9 Å². The highest BCUT2D eigenvalue weighted by Crippen LogP contribution is 2.21. The number of carboxylic acid groups (broad SMARTS) is 1. The van der Waals surface area contributed by atoms with Crippen LogP contribution >= 0.6 is 0 Å². The minimum atomic E-state index is -4.02. The first kappa shape index (κ1) is 19.6. The molecule has 7 nitrogen and oxygen atoms in total. The predicted octanol–water partition coefficient (Wildman–Crippen LogP) is 1.61. The Morgan fingerprint density at radius 1 is 1.00 bits per heavy atom. The molecule has 0 aliphatic heterocycles. The molecule has 26 heavy (non-hydrogen) atoms. The van der Waals surface area contributed by atoms with Crippen molar-refractivity contribution in [2.75, 3.05) is 7.05 Å². The van der Waals surface area contributed by atoms with Gasteiger partial charge >= 0.3 is 5.97 Å². The second-order valence-electron chi connectivity index (χ2n) is 5.61. The van der Waals surface area contributed by atoms with Crippen LogP contribution in [0.2, 0.25) is 0 Å². The molecule has 3 N–H and O–H groups in total. The highest BCUT2D eigenvalue weighted by Gasteiger charge is 2.25. The number of carbonyl (C=O) groups excluding carboxylic acids is 1. The van der Waals surface area contributed by atoms with E-state index in [-0.39, 0.29) is 23.6 Å². The molecular weight excluding hydrogens is 356 g/mol.